The minimum absolute atomic E-state index is 0.151. The number of urea groups is 1. The first kappa shape index (κ1) is 15.1. The van der Waals surface area contributed by atoms with E-state index in [2.05, 4.69) is 10.6 Å². The molecule has 2 amide bonds. The molecule has 0 atom stereocenters. The number of carbonyl (C=O) groups is 1. The van der Waals surface area contributed by atoms with Gasteiger partial charge in [0, 0.05) is 23.9 Å². The molecular weight excluding hydrogens is 248 g/mol. The predicted octanol–water partition coefficient (Wildman–Crippen LogP) is 1.60. The fourth-order valence-electron chi connectivity index (χ4n) is 1.39. The Kier molecular flexibility index (Phi) is 5.00. The molecule has 3 N–H and O–H groups in total. The maximum Gasteiger partial charge on any atom is 0.319 e. The van der Waals surface area contributed by atoms with Crippen LogP contribution in [0.5, 0.6) is 11.5 Å². The van der Waals surface area contributed by atoms with Crippen LogP contribution in [0.25, 0.3) is 0 Å². The minimum Gasteiger partial charge on any atom is -0.497 e. The molecule has 0 aliphatic heterocycles. The van der Waals surface area contributed by atoms with E-state index < -0.39 is 11.6 Å². The van der Waals surface area contributed by atoms with Gasteiger partial charge in [0.1, 0.15) is 11.5 Å². The van der Waals surface area contributed by atoms with Gasteiger partial charge in [-0.15, -0.1) is 0 Å². The lowest BCUT2D eigenvalue weighted by Gasteiger charge is -2.23. The number of hydrogen-bond acceptors (Lipinski definition) is 4. The zero-order valence-corrected chi connectivity index (χ0v) is 11.6. The second-order valence-corrected chi connectivity index (χ2v) is 4.72. The smallest absolute Gasteiger partial charge is 0.319 e. The maximum absolute atomic E-state index is 11.8. The van der Waals surface area contributed by atoms with E-state index in [0.29, 0.717) is 17.2 Å². The minimum atomic E-state index is -0.687. The Morgan fingerprint density at radius 3 is 2.16 bits per heavy atom. The van der Waals surface area contributed by atoms with Gasteiger partial charge in [-0.3, -0.25) is 0 Å². The number of hydrogen-bond donors (Lipinski definition) is 3. The fourth-order valence-corrected chi connectivity index (χ4v) is 1.39. The second kappa shape index (κ2) is 6.29. The molecule has 0 aromatic heterocycles. The van der Waals surface area contributed by atoms with E-state index >= 15 is 0 Å². The first-order valence-corrected chi connectivity index (χ1v) is 5.83. The Morgan fingerprint density at radius 2 is 1.74 bits per heavy atom. The Balaban J connectivity index is 2.79. The number of methoxy groups -OCH3 is 2. The van der Waals surface area contributed by atoms with E-state index in [1.165, 1.54) is 14.2 Å². The Morgan fingerprint density at radius 1 is 1.21 bits per heavy atom. The van der Waals surface area contributed by atoms with Crippen LogP contribution in [0.1, 0.15) is 13.8 Å². The van der Waals surface area contributed by atoms with Gasteiger partial charge in [-0.1, -0.05) is 0 Å². The van der Waals surface area contributed by atoms with Crippen LogP contribution < -0.4 is 20.1 Å². The molecule has 0 bridgehead atoms. The molecule has 106 valence electrons. The van der Waals surface area contributed by atoms with Crippen LogP contribution in [0.15, 0.2) is 18.2 Å². The molecule has 0 radical (unpaired) electrons. The number of amides is 2. The lowest BCUT2D eigenvalue weighted by atomic mass is 10.1. The molecule has 0 saturated heterocycles. The van der Waals surface area contributed by atoms with Gasteiger partial charge in [0.15, 0.2) is 0 Å². The van der Waals surface area contributed by atoms with Crippen LogP contribution in [0, 0.1) is 0 Å². The Labute approximate surface area is 112 Å². The zero-order chi connectivity index (χ0) is 14.5. The molecule has 1 aromatic rings. The summed E-state index contributed by atoms with van der Waals surface area (Å²) < 4.78 is 10.2. The maximum atomic E-state index is 11.8. The number of rotatable bonds is 5. The first-order chi connectivity index (χ1) is 8.90. The van der Waals surface area contributed by atoms with Crippen molar-refractivity contribution >= 4 is 11.7 Å². The van der Waals surface area contributed by atoms with Gasteiger partial charge >= 0.3 is 6.03 Å². The molecule has 1 rings (SSSR count). The Hall–Kier alpha value is -1.95. The molecule has 0 aliphatic rings. The summed E-state index contributed by atoms with van der Waals surface area (Å²) in [7, 11) is 3.07. The summed E-state index contributed by atoms with van der Waals surface area (Å²) in [5.74, 6) is 1.16. The zero-order valence-electron chi connectivity index (χ0n) is 11.6. The van der Waals surface area contributed by atoms with Crippen molar-refractivity contribution in [3.05, 3.63) is 18.2 Å². The SMILES string of the molecule is COc1cc(NC(=O)NC(C)(C)CO)cc(OC)c1. The summed E-state index contributed by atoms with van der Waals surface area (Å²) in [5.41, 5.74) is -0.144. The molecule has 6 heteroatoms. The normalized spacial score (nSPS) is 10.8. The van der Waals surface area contributed by atoms with E-state index in [4.69, 9.17) is 14.6 Å². The lowest BCUT2D eigenvalue weighted by Crippen LogP contribution is -2.48. The van der Waals surface area contributed by atoms with Crippen molar-refractivity contribution in [2.75, 3.05) is 26.1 Å². The van der Waals surface area contributed by atoms with Crippen molar-refractivity contribution in [3.8, 4) is 11.5 Å². The average Bonchev–Trinajstić information content (AvgIpc) is 2.37. The van der Waals surface area contributed by atoms with Crippen LogP contribution in [-0.4, -0.2) is 37.5 Å². The predicted molar refractivity (Wildman–Crippen MR) is 72.9 cm³/mol. The van der Waals surface area contributed by atoms with E-state index in [0.717, 1.165) is 0 Å². The number of anilines is 1. The molecular formula is C13H20N2O4. The quantitative estimate of drug-likeness (QED) is 0.757. The van der Waals surface area contributed by atoms with Gasteiger partial charge in [0.25, 0.3) is 0 Å². The number of nitrogens with one attached hydrogen (secondary N) is 2. The third-order valence-corrected chi connectivity index (χ3v) is 2.46. The molecule has 1 aromatic carbocycles. The van der Waals surface area contributed by atoms with E-state index in [-0.39, 0.29) is 6.61 Å². The summed E-state index contributed by atoms with van der Waals surface area (Å²) in [4.78, 5) is 11.8. The monoisotopic (exact) mass is 268 g/mol. The number of benzene rings is 1. The van der Waals surface area contributed by atoms with Crippen molar-refractivity contribution in [1.29, 1.82) is 0 Å². The van der Waals surface area contributed by atoms with Crippen LogP contribution in [0.2, 0.25) is 0 Å². The highest BCUT2D eigenvalue weighted by Crippen LogP contribution is 2.25. The highest BCUT2D eigenvalue weighted by atomic mass is 16.5. The van der Waals surface area contributed by atoms with Gasteiger partial charge < -0.3 is 25.2 Å². The van der Waals surface area contributed by atoms with Gasteiger partial charge in [0.2, 0.25) is 0 Å². The summed E-state index contributed by atoms with van der Waals surface area (Å²) in [6.45, 7) is 3.29. The van der Waals surface area contributed by atoms with Gasteiger partial charge in [-0.2, -0.15) is 0 Å². The third kappa shape index (κ3) is 4.67. The summed E-state index contributed by atoms with van der Waals surface area (Å²) in [5, 5.41) is 14.4. The van der Waals surface area contributed by atoms with Crippen molar-refractivity contribution in [3.63, 3.8) is 0 Å². The van der Waals surface area contributed by atoms with Crippen LogP contribution in [-0.2, 0) is 0 Å². The number of aliphatic hydroxyl groups excluding tert-OH is 1. The highest BCUT2D eigenvalue weighted by Gasteiger charge is 2.19. The molecule has 0 unspecified atom stereocenters. The van der Waals surface area contributed by atoms with E-state index in [9.17, 15) is 4.79 Å². The first-order valence-electron chi connectivity index (χ1n) is 5.83. The fraction of sp³-hybridized carbons (Fsp3) is 0.462. The number of ether oxygens (including phenoxy) is 2. The van der Waals surface area contributed by atoms with Crippen molar-refractivity contribution in [1.82, 2.24) is 5.32 Å². The standard InChI is InChI=1S/C13H20N2O4/c1-13(2,8-16)15-12(17)14-9-5-10(18-3)7-11(6-9)19-4/h5-7,16H,8H2,1-4H3,(H2,14,15,17). The van der Waals surface area contributed by atoms with Crippen LogP contribution in [0.4, 0.5) is 10.5 Å². The van der Waals surface area contributed by atoms with Crippen LogP contribution >= 0.6 is 0 Å². The topological polar surface area (TPSA) is 79.8 Å². The molecule has 6 nitrogen and oxygen atoms in total. The lowest BCUT2D eigenvalue weighted by molar-refractivity contribution is 0.187. The molecule has 0 spiro atoms. The molecule has 0 fully saturated rings. The second-order valence-electron chi connectivity index (χ2n) is 4.72. The Bertz CT molecular complexity index is 424. The molecule has 0 aliphatic carbocycles. The average molecular weight is 268 g/mol. The molecule has 0 saturated carbocycles. The van der Waals surface area contributed by atoms with Crippen molar-refractivity contribution in [2.24, 2.45) is 0 Å². The number of carbonyl (C=O) groups excluding carboxylic acids is 1. The van der Waals surface area contributed by atoms with E-state index in [1.807, 2.05) is 0 Å². The number of aliphatic hydroxyl groups is 1. The summed E-state index contributed by atoms with van der Waals surface area (Å²) in [6.07, 6.45) is 0. The van der Waals surface area contributed by atoms with Crippen molar-refractivity contribution in [2.45, 2.75) is 19.4 Å². The van der Waals surface area contributed by atoms with Gasteiger partial charge in [-0.25, -0.2) is 4.79 Å². The largest absolute Gasteiger partial charge is 0.497 e. The molecule has 19 heavy (non-hydrogen) atoms. The van der Waals surface area contributed by atoms with Crippen LogP contribution in [0.3, 0.4) is 0 Å². The third-order valence-electron chi connectivity index (χ3n) is 2.46. The van der Waals surface area contributed by atoms with E-state index in [1.54, 1.807) is 32.0 Å². The summed E-state index contributed by atoms with van der Waals surface area (Å²) in [6, 6.07) is 4.65. The molecule has 0 heterocycles. The van der Waals surface area contributed by atoms with Gasteiger partial charge in [-0.05, 0) is 13.8 Å². The van der Waals surface area contributed by atoms with Gasteiger partial charge in [0.05, 0.1) is 26.4 Å². The summed E-state index contributed by atoms with van der Waals surface area (Å²) >= 11 is 0. The highest BCUT2D eigenvalue weighted by molar-refractivity contribution is 5.90. The van der Waals surface area contributed by atoms with Crippen molar-refractivity contribution < 1.29 is 19.4 Å².